The van der Waals surface area contributed by atoms with E-state index < -0.39 is 10.0 Å². The van der Waals surface area contributed by atoms with Crippen molar-refractivity contribution in [2.45, 2.75) is 24.7 Å². The molecule has 0 amide bonds. The number of imidazole rings is 1. The highest BCUT2D eigenvalue weighted by Gasteiger charge is 2.14. The Labute approximate surface area is 176 Å². The summed E-state index contributed by atoms with van der Waals surface area (Å²) in [7, 11) is -3.68. The van der Waals surface area contributed by atoms with Crippen LogP contribution in [-0.4, -0.2) is 24.4 Å². The Morgan fingerprint density at radius 3 is 2.47 bits per heavy atom. The first kappa shape index (κ1) is 20.0. The van der Waals surface area contributed by atoms with Gasteiger partial charge in [0.25, 0.3) is 10.0 Å². The number of hydrogen-bond acceptors (Lipinski definition) is 4. The van der Waals surface area contributed by atoms with Crippen LogP contribution >= 0.6 is 0 Å². The van der Waals surface area contributed by atoms with Gasteiger partial charge in [0, 0.05) is 23.6 Å². The van der Waals surface area contributed by atoms with E-state index in [1.807, 2.05) is 47.1 Å². The number of aromatic nitrogens is 2. The van der Waals surface area contributed by atoms with Gasteiger partial charge >= 0.3 is 0 Å². The smallest absolute Gasteiger partial charge is 0.261 e. The van der Waals surface area contributed by atoms with E-state index in [1.54, 1.807) is 36.4 Å². The van der Waals surface area contributed by atoms with E-state index in [0.717, 1.165) is 29.7 Å². The predicted molar refractivity (Wildman–Crippen MR) is 118 cm³/mol. The molecule has 0 saturated heterocycles. The van der Waals surface area contributed by atoms with Gasteiger partial charge in [-0.2, -0.15) is 0 Å². The van der Waals surface area contributed by atoms with Crippen molar-refractivity contribution >= 4 is 21.4 Å². The van der Waals surface area contributed by atoms with Crippen molar-refractivity contribution in [2.75, 3.05) is 11.3 Å². The largest absolute Gasteiger partial charge is 0.494 e. The molecule has 0 aliphatic carbocycles. The minimum Gasteiger partial charge on any atom is -0.494 e. The molecule has 0 radical (unpaired) electrons. The molecule has 0 atom stereocenters. The van der Waals surface area contributed by atoms with Gasteiger partial charge in [-0.1, -0.05) is 31.5 Å². The molecular formula is C23H23N3O3S. The quantitative estimate of drug-likeness (QED) is 0.407. The van der Waals surface area contributed by atoms with E-state index in [4.69, 9.17) is 4.74 Å². The number of nitrogens with zero attached hydrogens (tertiary/aromatic N) is 2. The number of ether oxygens (including phenoxy) is 1. The average Bonchev–Trinajstić information content (AvgIpc) is 3.19. The van der Waals surface area contributed by atoms with E-state index in [0.29, 0.717) is 18.0 Å². The standard InChI is InChI=1S/C23H23N3O3S/c1-2-3-16-29-20-11-13-21(14-12-20)30(27,28)25-19-9-7-18(8-10-19)22-17-26-15-5-4-6-23(26)24-22/h4-15,17,25H,2-3,16H2,1H3. The topological polar surface area (TPSA) is 72.7 Å². The number of rotatable bonds is 8. The monoisotopic (exact) mass is 421 g/mol. The van der Waals surface area contributed by atoms with Gasteiger partial charge in [-0.25, -0.2) is 13.4 Å². The lowest BCUT2D eigenvalue weighted by atomic mass is 10.1. The maximum absolute atomic E-state index is 12.7. The van der Waals surface area contributed by atoms with Crippen molar-refractivity contribution in [3.05, 3.63) is 79.1 Å². The maximum Gasteiger partial charge on any atom is 0.261 e. The Morgan fingerprint density at radius 1 is 1.00 bits per heavy atom. The third-order valence-corrected chi connectivity index (χ3v) is 6.09. The van der Waals surface area contributed by atoms with Gasteiger partial charge in [0.1, 0.15) is 11.4 Å². The lowest BCUT2D eigenvalue weighted by molar-refractivity contribution is 0.309. The van der Waals surface area contributed by atoms with Crippen molar-refractivity contribution in [1.29, 1.82) is 0 Å². The molecule has 2 aromatic heterocycles. The molecule has 0 spiro atoms. The van der Waals surface area contributed by atoms with Gasteiger partial charge in [0.15, 0.2) is 0 Å². The fourth-order valence-electron chi connectivity index (χ4n) is 3.05. The molecule has 0 unspecified atom stereocenters. The first-order chi connectivity index (χ1) is 14.5. The zero-order chi connectivity index (χ0) is 21.0. The Balaban J connectivity index is 1.46. The summed E-state index contributed by atoms with van der Waals surface area (Å²) in [5.74, 6) is 0.666. The van der Waals surface area contributed by atoms with E-state index in [1.165, 1.54) is 0 Å². The number of hydrogen-bond donors (Lipinski definition) is 1. The van der Waals surface area contributed by atoms with Crippen LogP contribution in [0.3, 0.4) is 0 Å². The van der Waals surface area contributed by atoms with E-state index in [2.05, 4.69) is 16.6 Å². The maximum atomic E-state index is 12.7. The molecule has 2 aromatic carbocycles. The summed E-state index contributed by atoms with van der Waals surface area (Å²) in [5.41, 5.74) is 3.09. The lowest BCUT2D eigenvalue weighted by Gasteiger charge is -2.10. The van der Waals surface area contributed by atoms with Crippen LogP contribution in [0.1, 0.15) is 19.8 Å². The first-order valence-corrected chi connectivity index (χ1v) is 11.3. The second-order valence-corrected chi connectivity index (χ2v) is 8.63. The first-order valence-electron chi connectivity index (χ1n) is 9.85. The zero-order valence-electron chi connectivity index (χ0n) is 16.7. The summed E-state index contributed by atoms with van der Waals surface area (Å²) < 4.78 is 35.5. The van der Waals surface area contributed by atoms with Crippen LogP contribution in [0, 0.1) is 0 Å². The second-order valence-electron chi connectivity index (χ2n) is 6.95. The highest BCUT2D eigenvalue weighted by molar-refractivity contribution is 7.92. The molecule has 6 nitrogen and oxygen atoms in total. The summed E-state index contributed by atoms with van der Waals surface area (Å²) in [4.78, 5) is 4.77. The lowest BCUT2D eigenvalue weighted by Crippen LogP contribution is -2.12. The van der Waals surface area contributed by atoms with Crippen LogP contribution in [0.4, 0.5) is 5.69 Å². The molecule has 0 fully saturated rings. The molecule has 0 saturated carbocycles. The third-order valence-electron chi connectivity index (χ3n) is 4.70. The highest BCUT2D eigenvalue weighted by Crippen LogP contribution is 2.23. The number of fused-ring (bicyclic) bond motifs is 1. The van der Waals surface area contributed by atoms with Gasteiger partial charge in [0.2, 0.25) is 0 Å². The van der Waals surface area contributed by atoms with Gasteiger partial charge < -0.3 is 9.14 Å². The van der Waals surface area contributed by atoms with E-state index in [-0.39, 0.29) is 4.90 Å². The highest BCUT2D eigenvalue weighted by atomic mass is 32.2. The van der Waals surface area contributed by atoms with Crippen LogP contribution in [0.2, 0.25) is 0 Å². The van der Waals surface area contributed by atoms with Crippen LogP contribution in [0.15, 0.2) is 84.0 Å². The van der Waals surface area contributed by atoms with Crippen molar-refractivity contribution < 1.29 is 13.2 Å². The fraction of sp³-hybridized carbons (Fsp3) is 0.174. The van der Waals surface area contributed by atoms with Gasteiger partial charge in [-0.15, -0.1) is 0 Å². The number of benzene rings is 2. The molecule has 7 heteroatoms. The molecule has 154 valence electrons. The zero-order valence-corrected chi connectivity index (χ0v) is 17.5. The molecule has 30 heavy (non-hydrogen) atoms. The van der Waals surface area contributed by atoms with Crippen LogP contribution in [0.5, 0.6) is 5.75 Å². The minimum absolute atomic E-state index is 0.190. The molecule has 1 N–H and O–H groups in total. The summed E-state index contributed by atoms with van der Waals surface area (Å²) >= 11 is 0. The Hall–Kier alpha value is -3.32. The molecule has 4 aromatic rings. The van der Waals surface area contributed by atoms with Crippen molar-refractivity contribution in [3.8, 4) is 17.0 Å². The van der Waals surface area contributed by atoms with Gasteiger partial charge in [-0.05, 0) is 55.0 Å². The molecule has 4 rings (SSSR count). The number of unbranched alkanes of at least 4 members (excludes halogenated alkanes) is 1. The van der Waals surface area contributed by atoms with Crippen LogP contribution in [-0.2, 0) is 10.0 Å². The van der Waals surface area contributed by atoms with E-state index in [9.17, 15) is 8.42 Å². The third kappa shape index (κ3) is 4.46. The summed E-state index contributed by atoms with van der Waals surface area (Å²) in [6.07, 6.45) is 5.89. The number of pyridine rings is 1. The molecule has 2 heterocycles. The van der Waals surface area contributed by atoms with Gasteiger partial charge in [0.05, 0.1) is 17.2 Å². The number of anilines is 1. The average molecular weight is 422 g/mol. The fourth-order valence-corrected chi connectivity index (χ4v) is 4.10. The van der Waals surface area contributed by atoms with Crippen molar-refractivity contribution in [3.63, 3.8) is 0 Å². The van der Waals surface area contributed by atoms with Crippen molar-refractivity contribution in [2.24, 2.45) is 0 Å². The van der Waals surface area contributed by atoms with Gasteiger partial charge in [-0.3, -0.25) is 4.72 Å². The Morgan fingerprint density at radius 2 is 1.77 bits per heavy atom. The normalized spacial score (nSPS) is 11.5. The predicted octanol–water partition coefficient (Wildman–Crippen LogP) is 4.98. The van der Waals surface area contributed by atoms with Crippen LogP contribution in [0.25, 0.3) is 16.9 Å². The second kappa shape index (κ2) is 8.59. The van der Waals surface area contributed by atoms with Crippen LogP contribution < -0.4 is 9.46 Å². The molecular weight excluding hydrogens is 398 g/mol. The minimum atomic E-state index is -3.68. The Kier molecular flexibility index (Phi) is 5.72. The molecule has 0 bridgehead atoms. The summed E-state index contributed by atoms with van der Waals surface area (Å²) in [6, 6.07) is 19.4. The summed E-state index contributed by atoms with van der Waals surface area (Å²) in [5, 5.41) is 0. The summed E-state index contributed by atoms with van der Waals surface area (Å²) in [6.45, 7) is 2.72. The van der Waals surface area contributed by atoms with E-state index >= 15 is 0 Å². The van der Waals surface area contributed by atoms with Crippen molar-refractivity contribution in [1.82, 2.24) is 9.38 Å². The number of sulfonamides is 1. The molecule has 0 aliphatic heterocycles. The SMILES string of the molecule is CCCCOc1ccc(S(=O)(=O)Nc2ccc(-c3cn4ccccc4n3)cc2)cc1. The number of nitrogens with one attached hydrogen (secondary N) is 1. The Bertz CT molecular complexity index is 1200. The molecule has 0 aliphatic rings.